The van der Waals surface area contributed by atoms with E-state index in [1.165, 1.54) is 12.8 Å². The van der Waals surface area contributed by atoms with Crippen LogP contribution in [0.5, 0.6) is 5.75 Å². The van der Waals surface area contributed by atoms with Crippen molar-refractivity contribution in [3.05, 3.63) is 24.0 Å². The van der Waals surface area contributed by atoms with Crippen molar-refractivity contribution < 1.29 is 9.47 Å². The first kappa shape index (κ1) is 13.3. The van der Waals surface area contributed by atoms with Gasteiger partial charge in [-0.3, -0.25) is 4.98 Å². The molecule has 2 rings (SSSR count). The lowest BCUT2D eigenvalue weighted by Gasteiger charge is -2.27. The van der Waals surface area contributed by atoms with Gasteiger partial charge >= 0.3 is 0 Å². The Bertz CT molecular complexity index is 380. The van der Waals surface area contributed by atoms with Gasteiger partial charge in [-0.1, -0.05) is 0 Å². The number of aromatic nitrogens is 1. The molecule has 1 N–H and O–H groups in total. The van der Waals surface area contributed by atoms with E-state index in [0.29, 0.717) is 5.92 Å². The number of hydrogen-bond acceptors (Lipinski definition) is 4. The molecule has 0 saturated heterocycles. The molecule has 100 valence electrons. The van der Waals surface area contributed by atoms with Crippen LogP contribution in [-0.2, 0) is 4.74 Å². The minimum atomic E-state index is 0.0913. The average molecular weight is 250 g/mol. The molecule has 4 heteroatoms. The molecule has 1 aliphatic carbocycles. The quantitative estimate of drug-likeness (QED) is 0.805. The highest BCUT2D eigenvalue weighted by Crippen LogP contribution is 2.41. The zero-order chi connectivity index (χ0) is 13.0. The fourth-order valence-corrected chi connectivity index (χ4v) is 2.39. The topological polar surface area (TPSA) is 43.4 Å². The molecule has 1 aliphatic rings. The third-order valence-electron chi connectivity index (χ3n) is 3.40. The molecule has 2 unspecified atom stereocenters. The van der Waals surface area contributed by atoms with Gasteiger partial charge in [0.2, 0.25) is 0 Å². The van der Waals surface area contributed by atoms with Crippen molar-refractivity contribution in [1.82, 2.24) is 10.3 Å². The normalized spacial score (nSPS) is 18.4. The fraction of sp³-hybridized carbons (Fsp3) is 0.643. The highest BCUT2D eigenvalue weighted by Gasteiger charge is 2.38. The van der Waals surface area contributed by atoms with E-state index in [4.69, 9.17) is 9.47 Å². The van der Waals surface area contributed by atoms with Crippen molar-refractivity contribution in [1.29, 1.82) is 0 Å². The van der Waals surface area contributed by atoms with Crippen LogP contribution < -0.4 is 10.1 Å². The van der Waals surface area contributed by atoms with Gasteiger partial charge in [-0.15, -0.1) is 0 Å². The van der Waals surface area contributed by atoms with Crippen LogP contribution in [0, 0.1) is 5.92 Å². The van der Waals surface area contributed by atoms with Crippen LogP contribution in [0.2, 0.25) is 0 Å². The summed E-state index contributed by atoms with van der Waals surface area (Å²) in [5.41, 5.74) is 0.938. The van der Waals surface area contributed by atoms with Gasteiger partial charge < -0.3 is 14.8 Å². The molecule has 1 fully saturated rings. The molecule has 1 heterocycles. The molecule has 0 amide bonds. The van der Waals surface area contributed by atoms with Crippen molar-refractivity contribution in [2.24, 2.45) is 5.92 Å². The number of rotatable bonds is 7. The molecule has 18 heavy (non-hydrogen) atoms. The Hall–Kier alpha value is -1.13. The lowest BCUT2D eigenvalue weighted by Crippen LogP contribution is -2.34. The highest BCUT2D eigenvalue weighted by atomic mass is 16.5. The van der Waals surface area contributed by atoms with Crippen LogP contribution in [0.15, 0.2) is 18.3 Å². The molecule has 1 aromatic heterocycles. The average Bonchev–Trinajstić information content (AvgIpc) is 3.23. The van der Waals surface area contributed by atoms with Crippen molar-refractivity contribution in [3.63, 3.8) is 0 Å². The molecule has 0 spiro atoms. The molecule has 1 saturated carbocycles. The van der Waals surface area contributed by atoms with E-state index in [9.17, 15) is 0 Å². The second-order valence-electron chi connectivity index (χ2n) is 4.61. The summed E-state index contributed by atoms with van der Waals surface area (Å²) in [7, 11) is 3.63. The third kappa shape index (κ3) is 2.82. The Morgan fingerprint density at radius 3 is 2.83 bits per heavy atom. The molecule has 2 atom stereocenters. The minimum Gasteiger partial charge on any atom is -0.495 e. The van der Waals surface area contributed by atoms with Crippen LogP contribution in [-0.4, -0.2) is 31.9 Å². The summed E-state index contributed by atoms with van der Waals surface area (Å²) < 4.78 is 11.3. The zero-order valence-electron chi connectivity index (χ0n) is 11.3. The van der Waals surface area contributed by atoms with Gasteiger partial charge in [0.1, 0.15) is 11.4 Å². The predicted octanol–water partition coefficient (Wildman–Crippen LogP) is 2.17. The standard InChI is InChI=1S/C14H22N2O2/c1-4-18-14(10-7-8-10)13(15-2)12-11(17-3)6-5-9-16-12/h5-6,9-10,13-15H,4,7-8H2,1-3H3. The predicted molar refractivity (Wildman–Crippen MR) is 70.7 cm³/mol. The Balaban J connectivity index is 2.24. The van der Waals surface area contributed by atoms with Gasteiger partial charge in [-0.2, -0.15) is 0 Å². The first-order valence-corrected chi connectivity index (χ1v) is 6.59. The third-order valence-corrected chi connectivity index (χ3v) is 3.40. The number of likely N-dealkylation sites (N-methyl/N-ethyl adjacent to an activating group) is 1. The van der Waals surface area contributed by atoms with Crippen LogP contribution in [0.25, 0.3) is 0 Å². The minimum absolute atomic E-state index is 0.0913. The lowest BCUT2D eigenvalue weighted by molar-refractivity contribution is 0.0188. The van der Waals surface area contributed by atoms with Crippen molar-refractivity contribution in [2.75, 3.05) is 20.8 Å². The molecule has 1 aromatic rings. The Morgan fingerprint density at radius 1 is 1.50 bits per heavy atom. The number of methoxy groups -OCH3 is 1. The van der Waals surface area contributed by atoms with E-state index in [1.807, 2.05) is 26.1 Å². The van der Waals surface area contributed by atoms with Gasteiger partial charge in [0.25, 0.3) is 0 Å². The summed E-state index contributed by atoms with van der Waals surface area (Å²) in [5.74, 6) is 1.47. The van der Waals surface area contributed by atoms with Crippen molar-refractivity contribution in [3.8, 4) is 5.75 Å². The van der Waals surface area contributed by atoms with Gasteiger partial charge in [0.05, 0.1) is 19.3 Å². The van der Waals surface area contributed by atoms with Crippen LogP contribution in [0.1, 0.15) is 31.5 Å². The summed E-state index contributed by atoms with van der Waals surface area (Å²) in [6.45, 7) is 2.77. The zero-order valence-corrected chi connectivity index (χ0v) is 11.3. The van der Waals surface area contributed by atoms with Gasteiger partial charge in [-0.25, -0.2) is 0 Å². The largest absolute Gasteiger partial charge is 0.495 e. The second kappa shape index (κ2) is 6.16. The smallest absolute Gasteiger partial charge is 0.142 e. The molecule has 0 bridgehead atoms. The molecule has 0 aliphatic heterocycles. The highest BCUT2D eigenvalue weighted by molar-refractivity contribution is 5.30. The molecular weight excluding hydrogens is 228 g/mol. The van der Waals surface area contributed by atoms with E-state index in [2.05, 4.69) is 10.3 Å². The molecular formula is C14H22N2O2. The Morgan fingerprint density at radius 2 is 2.28 bits per heavy atom. The van der Waals surface area contributed by atoms with Crippen molar-refractivity contribution in [2.45, 2.75) is 31.9 Å². The summed E-state index contributed by atoms with van der Waals surface area (Å²) in [5, 5.41) is 3.33. The van der Waals surface area contributed by atoms with Gasteiger partial charge in [0, 0.05) is 12.8 Å². The summed E-state index contributed by atoms with van der Waals surface area (Å²) in [4.78, 5) is 4.47. The molecule has 0 aromatic carbocycles. The van der Waals surface area contributed by atoms with E-state index < -0.39 is 0 Å². The van der Waals surface area contributed by atoms with E-state index in [0.717, 1.165) is 18.1 Å². The summed E-state index contributed by atoms with van der Waals surface area (Å²) in [6, 6.07) is 3.93. The maximum atomic E-state index is 5.91. The van der Waals surface area contributed by atoms with E-state index in [-0.39, 0.29) is 12.1 Å². The maximum absolute atomic E-state index is 5.91. The molecule has 4 nitrogen and oxygen atoms in total. The van der Waals surface area contributed by atoms with Crippen LogP contribution in [0.4, 0.5) is 0 Å². The lowest BCUT2D eigenvalue weighted by atomic mass is 10.0. The monoisotopic (exact) mass is 250 g/mol. The Labute approximate surface area is 109 Å². The number of pyridine rings is 1. The fourth-order valence-electron chi connectivity index (χ4n) is 2.39. The molecule has 0 radical (unpaired) electrons. The van der Waals surface area contributed by atoms with E-state index in [1.54, 1.807) is 13.3 Å². The summed E-state index contributed by atoms with van der Waals surface area (Å²) >= 11 is 0. The number of ether oxygens (including phenoxy) is 2. The van der Waals surface area contributed by atoms with Gasteiger partial charge in [0.15, 0.2) is 0 Å². The first-order valence-electron chi connectivity index (χ1n) is 6.59. The number of nitrogens with zero attached hydrogens (tertiary/aromatic N) is 1. The van der Waals surface area contributed by atoms with Crippen molar-refractivity contribution >= 4 is 0 Å². The SMILES string of the molecule is CCOC(C1CC1)C(NC)c1ncccc1OC. The van der Waals surface area contributed by atoms with Crippen LogP contribution in [0.3, 0.4) is 0 Å². The summed E-state index contributed by atoms with van der Waals surface area (Å²) in [6.07, 6.45) is 4.48. The number of nitrogens with one attached hydrogen (secondary N) is 1. The number of hydrogen-bond donors (Lipinski definition) is 1. The Kier molecular flexibility index (Phi) is 4.55. The second-order valence-corrected chi connectivity index (χ2v) is 4.61. The van der Waals surface area contributed by atoms with Crippen LogP contribution >= 0.6 is 0 Å². The maximum Gasteiger partial charge on any atom is 0.142 e. The van der Waals surface area contributed by atoms with Gasteiger partial charge in [-0.05, 0) is 44.9 Å². The van der Waals surface area contributed by atoms with E-state index >= 15 is 0 Å². The first-order chi connectivity index (χ1) is 8.81.